The number of hydrogen-bond acceptors (Lipinski definition) is 7. The van der Waals surface area contributed by atoms with Gasteiger partial charge in [-0.2, -0.15) is 0 Å². The Bertz CT molecular complexity index is 204. The molecule has 23 heavy (non-hydrogen) atoms. The molecule has 0 heterocycles. The Morgan fingerprint density at radius 1 is 0.696 bits per heavy atom. The number of rotatable bonds is 19. The van der Waals surface area contributed by atoms with Crippen molar-refractivity contribution in [3.05, 3.63) is 0 Å². The third kappa shape index (κ3) is 17.9. The largest absolute Gasteiger partial charge is 0.377 e. The van der Waals surface area contributed by atoms with Crippen LogP contribution in [0, 0.1) is 0 Å². The average Bonchev–Trinajstić information content (AvgIpc) is 2.57. The Kier molecular flexibility index (Phi) is 19.5. The molecule has 0 atom stereocenters. The fraction of sp³-hybridized carbons (Fsp3) is 1.00. The van der Waals surface area contributed by atoms with E-state index in [0.29, 0.717) is 26.4 Å². The third-order valence-corrected chi connectivity index (χ3v) is 3.35. The minimum atomic E-state index is 0.00332. The quantitative estimate of drug-likeness (QED) is 0.236. The van der Waals surface area contributed by atoms with Gasteiger partial charge in [-0.1, -0.05) is 0 Å². The second-order valence-corrected chi connectivity index (χ2v) is 5.42. The van der Waals surface area contributed by atoms with Gasteiger partial charge in [0.25, 0.3) is 0 Å². The van der Waals surface area contributed by atoms with Gasteiger partial charge in [0.1, 0.15) is 6.10 Å². The molecule has 0 aliphatic rings. The Morgan fingerprint density at radius 2 is 1.17 bits per heavy atom. The fourth-order valence-electron chi connectivity index (χ4n) is 1.93. The molecule has 0 saturated carbocycles. The molecule has 0 unspecified atom stereocenters. The Labute approximate surface area is 142 Å². The lowest BCUT2D eigenvalue weighted by molar-refractivity contribution is -0.0395. The van der Waals surface area contributed by atoms with Crippen LogP contribution in [0.1, 0.15) is 12.8 Å². The molecule has 0 spiro atoms. The van der Waals surface area contributed by atoms with E-state index in [1.165, 1.54) is 0 Å². The molecule has 7 heteroatoms. The van der Waals surface area contributed by atoms with Crippen molar-refractivity contribution in [2.75, 3.05) is 86.9 Å². The van der Waals surface area contributed by atoms with E-state index in [0.717, 1.165) is 52.1 Å². The van der Waals surface area contributed by atoms with Gasteiger partial charge in [0.2, 0.25) is 0 Å². The maximum atomic E-state index is 5.61. The summed E-state index contributed by atoms with van der Waals surface area (Å²) in [5.74, 6) is 0. The molecule has 0 rings (SSSR count). The van der Waals surface area contributed by atoms with Gasteiger partial charge < -0.3 is 35.5 Å². The van der Waals surface area contributed by atoms with Crippen LogP contribution in [-0.4, -0.2) is 93.0 Å². The van der Waals surface area contributed by atoms with Crippen molar-refractivity contribution in [1.29, 1.82) is 0 Å². The molecule has 0 aromatic heterocycles. The molecule has 0 amide bonds. The molecule has 4 N–H and O–H groups in total. The zero-order valence-corrected chi connectivity index (χ0v) is 15.3. The van der Waals surface area contributed by atoms with Crippen LogP contribution in [0.2, 0.25) is 0 Å². The van der Waals surface area contributed by atoms with Crippen molar-refractivity contribution >= 4 is 0 Å². The minimum Gasteiger partial charge on any atom is -0.377 e. The molecule has 0 fully saturated rings. The second-order valence-electron chi connectivity index (χ2n) is 5.42. The molecule has 7 nitrogen and oxygen atoms in total. The zero-order chi connectivity index (χ0) is 17.0. The van der Waals surface area contributed by atoms with E-state index < -0.39 is 0 Å². The summed E-state index contributed by atoms with van der Waals surface area (Å²) in [6.45, 7) is 8.41. The summed E-state index contributed by atoms with van der Waals surface area (Å²) in [5.41, 5.74) is 0. The summed E-state index contributed by atoms with van der Waals surface area (Å²) < 4.78 is 16.6. The van der Waals surface area contributed by atoms with Gasteiger partial charge in [0.15, 0.2) is 0 Å². The van der Waals surface area contributed by atoms with E-state index >= 15 is 0 Å². The van der Waals surface area contributed by atoms with E-state index in [4.69, 9.17) is 14.2 Å². The van der Waals surface area contributed by atoms with E-state index in [1.54, 1.807) is 7.11 Å². The summed E-state index contributed by atoms with van der Waals surface area (Å²) in [6.07, 6.45) is 2.27. The van der Waals surface area contributed by atoms with Crippen LogP contribution >= 0.6 is 0 Å². The van der Waals surface area contributed by atoms with Crippen molar-refractivity contribution in [1.82, 2.24) is 21.3 Å². The first-order valence-electron chi connectivity index (χ1n) is 8.74. The summed E-state index contributed by atoms with van der Waals surface area (Å²) in [7, 11) is 5.63. The van der Waals surface area contributed by atoms with Crippen molar-refractivity contribution in [2.45, 2.75) is 18.9 Å². The first kappa shape index (κ1) is 22.7. The van der Waals surface area contributed by atoms with E-state index in [2.05, 4.69) is 21.3 Å². The van der Waals surface area contributed by atoms with Crippen LogP contribution in [0.3, 0.4) is 0 Å². The average molecular weight is 335 g/mol. The van der Waals surface area contributed by atoms with Crippen LogP contribution in [0.5, 0.6) is 0 Å². The van der Waals surface area contributed by atoms with E-state index in [1.807, 2.05) is 14.1 Å². The topological polar surface area (TPSA) is 75.8 Å². The SMILES string of the molecule is CNCCCNCCOCC(COCCNCCCNC)OC. The third-order valence-electron chi connectivity index (χ3n) is 3.35. The van der Waals surface area contributed by atoms with Crippen molar-refractivity contribution in [3.63, 3.8) is 0 Å². The van der Waals surface area contributed by atoms with Gasteiger partial charge in [-0.15, -0.1) is 0 Å². The van der Waals surface area contributed by atoms with E-state index in [9.17, 15) is 0 Å². The molecule has 0 saturated heterocycles. The number of nitrogens with one attached hydrogen (secondary N) is 4. The predicted octanol–water partition coefficient (Wildman–Crippen LogP) is -0.567. The molecular weight excluding hydrogens is 296 g/mol. The van der Waals surface area contributed by atoms with Gasteiger partial charge in [0, 0.05) is 20.2 Å². The highest BCUT2D eigenvalue weighted by molar-refractivity contribution is 4.56. The molecule has 0 radical (unpaired) electrons. The number of methoxy groups -OCH3 is 1. The minimum absolute atomic E-state index is 0.00332. The first-order chi connectivity index (χ1) is 11.3. The zero-order valence-electron chi connectivity index (χ0n) is 15.3. The molecule has 0 aromatic carbocycles. The lowest BCUT2D eigenvalue weighted by Gasteiger charge is -2.16. The predicted molar refractivity (Wildman–Crippen MR) is 95.3 cm³/mol. The molecule has 0 aliphatic carbocycles. The lowest BCUT2D eigenvalue weighted by Crippen LogP contribution is -2.29. The Hall–Kier alpha value is -0.280. The van der Waals surface area contributed by atoms with Crippen molar-refractivity contribution in [2.24, 2.45) is 0 Å². The smallest absolute Gasteiger partial charge is 0.104 e. The molecule has 0 aromatic rings. The van der Waals surface area contributed by atoms with Gasteiger partial charge in [-0.05, 0) is 53.1 Å². The van der Waals surface area contributed by atoms with Gasteiger partial charge >= 0.3 is 0 Å². The monoisotopic (exact) mass is 334 g/mol. The second kappa shape index (κ2) is 19.8. The normalized spacial score (nSPS) is 11.5. The molecular formula is C16H38N4O3. The highest BCUT2D eigenvalue weighted by Gasteiger charge is 2.07. The summed E-state index contributed by atoms with van der Waals surface area (Å²) >= 11 is 0. The van der Waals surface area contributed by atoms with Crippen LogP contribution in [0.25, 0.3) is 0 Å². The lowest BCUT2D eigenvalue weighted by atomic mass is 10.4. The van der Waals surface area contributed by atoms with Crippen LogP contribution < -0.4 is 21.3 Å². The standard InChI is InChI=1S/C16H38N4O3/c1-17-6-4-8-19-10-12-22-14-16(21-3)15-23-13-11-20-9-5-7-18-2/h16-20H,4-15H2,1-3H3. The summed E-state index contributed by atoms with van der Waals surface area (Å²) in [5, 5.41) is 12.9. The fourth-order valence-corrected chi connectivity index (χ4v) is 1.93. The Morgan fingerprint density at radius 3 is 1.57 bits per heavy atom. The van der Waals surface area contributed by atoms with Gasteiger partial charge in [0.05, 0.1) is 26.4 Å². The molecule has 0 aliphatic heterocycles. The summed E-state index contributed by atoms with van der Waals surface area (Å²) in [4.78, 5) is 0. The number of ether oxygens (including phenoxy) is 3. The first-order valence-corrected chi connectivity index (χ1v) is 8.74. The Balaban J connectivity index is 3.29. The van der Waals surface area contributed by atoms with Crippen molar-refractivity contribution < 1.29 is 14.2 Å². The maximum Gasteiger partial charge on any atom is 0.104 e. The van der Waals surface area contributed by atoms with Crippen molar-refractivity contribution in [3.8, 4) is 0 Å². The molecule has 0 bridgehead atoms. The number of hydrogen-bond donors (Lipinski definition) is 4. The van der Waals surface area contributed by atoms with Crippen LogP contribution in [-0.2, 0) is 14.2 Å². The summed E-state index contributed by atoms with van der Waals surface area (Å²) in [6, 6.07) is 0. The molecule has 140 valence electrons. The highest BCUT2D eigenvalue weighted by atomic mass is 16.6. The highest BCUT2D eigenvalue weighted by Crippen LogP contribution is 1.93. The maximum absolute atomic E-state index is 5.61. The van der Waals surface area contributed by atoms with E-state index in [-0.39, 0.29) is 6.10 Å². The van der Waals surface area contributed by atoms with Crippen LogP contribution in [0.15, 0.2) is 0 Å². The van der Waals surface area contributed by atoms with Gasteiger partial charge in [-0.3, -0.25) is 0 Å². The van der Waals surface area contributed by atoms with Crippen LogP contribution in [0.4, 0.5) is 0 Å². The van der Waals surface area contributed by atoms with Gasteiger partial charge in [-0.25, -0.2) is 0 Å².